The van der Waals surface area contributed by atoms with Crippen molar-refractivity contribution in [3.05, 3.63) is 23.6 Å². The molecule has 7 nitrogen and oxygen atoms in total. The van der Waals surface area contributed by atoms with Gasteiger partial charge in [0.1, 0.15) is 17.2 Å². The highest BCUT2D eigenvalue weighted by Crippen LogP contribution is 2.31. The molecular weight excluding hydrogens is 332 g/mol. The van der Waals surface area contributed by atoms with E-state index in [1.807, 2.05) is 26.8 Å². The van der Waals surface area contributed by atoms with Crippen molar-refractivity contribution in [2.75, 3.05) is 7.05 Å². The molecule has 1 aliphatic rings. The maximum atomic E-state index is 12.1. The number of fused-ring (bicyclic) bond motifs is 1. The number of hydrogen-bond acceptors (Lipinski definition) is 5. The Morgan fingerprint density at radius 3 is 2.79 bits per heavy atom. The van der Waals surface area contributed by atoms with E-state index in [1.165, 1.54) is 0 Å². The van der Waals surface area contributed by atoms with Gasteiger partial charge in [-0.25, -0.2) is 9.31 Å². The fraction of sp³-hybridized carbons (Fsp3) is 0.562. The molecule has 1 amide bonds. The Balaban J connectivity index is 1.59. The van der Waals surface area contributed by atoms with Crippen LogP contribution in [0.5, 0.6) is 5.88 Å². The number of aromatic nitrogens is 3. The predicted octanol–water partition coefficient (Wildman–Crippen LogP) is 3.16. The van der Waals surface area contributed by atoms with Gasteiger partial charge in [0.05, 0.1) is 12.4 Å². The fourth-order valence-corrected chi connectivity index (χ4v) is 2.72. The van der Waals surface area contributed by atoms with E-state index in [2.05, 4.69) is 10.1 Å². The maximum Gasteiger partial charge on any atom is 0.410 e. The van der Waals surface area contributed by atoms with E-state index >= 15 is 0 Å². The smallest absolute Gasteiger partial charge is 0.410 e. The molecule has 1 aliphatic carbocycles. The Hall–Kier alpha value is -2.02. The Labute approximate surface area is 145 Å². The highest BCUT2D eigenvalue weighted by atomic mass is 35.5. The number of nitrogens with zero attached hydrogens (tertiary/aromatic N) is 4. The second-order valence-corrected chi connectivity index (χ2v) is 7.37. The van der Waals surface area contributed by atoms with Gasteiger partial charge in [0.2, 0.25) is 5.88 Å². The number of carbonyl (C=O) groups excluding carboxylic acids is 1. The lowest BCUT2D eigenvalue weighted by Gasteiger charge is -2.40. The minimum atomic E-state index is -0.497. The molecule has 24 heavy (non-hydrogen) atoms. The van der Waals surface area contributed by atoms with Crippen LogP contribution in [0.15, 0.2) is 18.5 Å². The number of hydrogen-bond donors (Lipinski definition) is 0. The minimum absolute atomic E-state index is 0.00967. The van der Waals surface area contributed by atoms with Crippen LogP contribution in [0.1, 0.15) is 33.6 Å². The lowest BCUT2D eigenvalue weighted by Crippen LogP contribution is -2.51. The summed E-state index contributed by atoms with van der Waals surface area (Å²) >= 11 is 5.99. The Morgan fingerprint density at radius 1 is 1.42 bits per heavy atom. The molecule has 3 rings (SSSR count). The second-order valence-electron chi connectivity index (χ2n) is 6.99. The Morgan fingerprint density at radius 2 is 2.12 bits per heavy atom. The molecule has 0 N–H and O–H groups in total. The number of amides is 1. The van der Waals surface area contributed by atoms with E-state index in [9.17, 15) is 4.79 Å². The van der Waals surface area contributed by atoms with E-state index < -0.39 is 5.60 Å². The van der Waals surface area contributed by atoms with Gasteiger partial charge in [0, 0.05) is 25.9 Å². The van der Waals surface area contributed by atoms with Crippen LogP contribution in [0.4, 0.5) is 4.79 Å². The molecule has 130 valence electrons. The summed E-state index contributed by atoms with van der Waals surface area (Å²) in [6, 6.07) is 1.92. The normalized spacial score (nSPS) is 20.5. The van der Waals surface area contributed by atoms with Crippen LogP contribution in [-0.4, -0.2) is 50.4 Å². The second kappa shape index (κ2) is 6.12. The summed E-state index contributed by atoms with van der Waals surface area (Å²) in [5.41, 5.74) is 0.270. The topological polar surface area (TPSA) is 69.0 Å². The van der Waals surface area contributed by atoms with Gasteiger partial charge in [-0.3, -0.25) is 0 Å². The molecule has 0 saturated heterocycles. The van der Waals surface area contributed by atoms with Gasteiger partial charge in [0.25, 0.3) is 0 Å². The molecule has 8 heteroatoms. The van der Waals surface area contributed by atoms with Crippen molar-refractivity contribution in [1.82, 2.24) is 19.5 Å². The fourth-order valence-electron chi connectivity index (χ4n) is 2.55. The summed E-state index contributed by atoms with van der Waals surface area (Å²) < 4.78 is 12.9. The van der Waals surface area contributed by atoms with Gasteiger partial charge in [-0.15, -0.1) is 0 Å². The molecule has 2 aromatic heterocycles. The number of halogens is 1. The van der Waals surface area contributed by atoms with Crippen LogP contribution >= 0.6 is 11.6 Å². The zero-order valence-electron chi connectivity index (χ0n) is 14.2. The third-order valence-electron chi connectivity index (χ3n) is 3.90. The van der Waals surface area contributed by atoms with Crippen molar-refractivity contribution < 1.29 is 14.3 Å². The first-order valence-corrected chi connectivity index (χ1v) is 8.23. The summed E-state index contributed by atoms with van der Waals surface area (Å²) in [6.45, 7) is 5.56. The molecule has 0 atom stereocenters. The van der Waals surface area contributed by atoms with Crippen molar-refractivity contribution in [1.29, 1.82) is 0 Å². The molecule has 1 fully saturated rings. The molecule has 0 spiro atoms. The number of carbonyl (C=O) groups is 1. The SMILES string of the molecule is CN(C(=O)OC(C)(C)C)[C@H]1C[C@@H](Oc2nc(Cl)cn3nccc23)C1. The Bertz CT molecular complexity index is 749. The molecule has 0 aromatic carbocycles. The van der Waals surface area contributed by atoms with Crippen molar-refractivity contribution in [2.24, 2.45) is 0 Å². The zero-order valence-corrected chi connectivity index (χ0v) is 14.9. The standard InChI is InChI=1S/C16H21ClN4O3/c1-16(2,3)24-15(22)20(4)10-7-11(8-10)23-14-12-5-6-18-21(12)9-13(17)19-14/h5-6,9-11H,7-8H2,1-4H3/t10-,11+. The molecule has 0 bridgehead atoms. The van der Waals surface area contributed by atoms with E-state index in [4.69, 9.17) is 21.1 Å². The molecule has 0 aliphatic heterocycles. The molecule has 2 heterocycles. The summed E-state index contributed by atoms with van der Waals surface area (Å²) in [4.78, 5) is 17.9. The summed E-state index contributed by atoms with van der Waals surface area (Å²) in [5, 5.41) is 4.46. The van der Waals surface area contributed by atoms with E-state index in [0.29, 0.717) is 11.0 Å². The van der Waals surface area contributed by atoms with E-state index in [1.54, 1.807) is 28.9 Å². The van der Waals surface area contributed by atoms with Crippen LogP contribution < -0.4 is 4.74 Å². The number of ether oxygens (including phenoxy) is 2. The average Bonchev–Trinajstić information content (AvgIpc) is 2.87. The Kier molecular flexibility index (Phi) is 4.29. The van der Waals surface area contributed by atoms with Gasteiger partial charge in [-0.05, 0) is 26.8 Å². The van der Waals surface area contributed by atoms with Crippen LogP contribution in [0, 0.1) is 0 Å². The quantitative estimate of drug-likeness (QED) is 0.848. The first kappa shape index (κ1) is 16.8. The van der Waals surface area contributed by atoms with Gasteiger partial charge in [-0.2, -0.15) is 10.1 Å². The van der Waals surface area contributed by atoms with Crippen LogP contribution in [0.2, 0.25) is 5.15 Å². The van der Waals surface area contributed by atoms with Gasteiger partial charge >= 0.3 is 6.09 Å². The van der Waals surface area contributed by atoms with Crippen molar-refractivity contribution >= 4 is 23.2 Å². The molecule has 0 unspecified atom stereocenters. The highest BCUT2D eigenvalue weighted by Gasteiger charge is 2.37. The van der Waals surface area contributed by atoms with E-state index in [-0.39, 0.29) is 18.2 Å². The lowest BCUT2D eigenvalue weighted by molar-refractivity contribution is -0.00938. The van der Waals surface area contributed by atoms with Crippen molar-refractivity contribution in [3.8, 4) is 5.88 Å². The lowest BCUT2D eigenvalue weighted by atomic mass is 9.88. The van der Waals surface area contributed by atoms with Crippen LogP contribution in [0.25, 0.3) is 5.52 Å². The third kappa shape index (κ3) is 3.56. The highest BCUT2D eigenvalue weighted by molar-refractivity contribution is 6.29. The molecule has 2 aromatic rings. The zero-order chi connectivity index (χ0) is 17.5. The van der Waals surface area contributed by atoms with Gasteiger partial charge in [-0.1, -0.05) is 11.6 Å². The molecule has 1 saturated carbocycles. The maximum absolute atomic E-state index is 12.1. The minimum Gasteiger partial charge on any atom is -0.473 e. The molecular formula is C16H21ClN4O3. The summed E-state index contributed by atoms with van der Waals surface area (Å²) in [7, 11) is 1.75. The van der Waals surface area contributed by atoms with Crippen LogP contribution in [-0.2, 0) is 4.74 Å². The first-order chi connectivity index (χ1) is 11.2. The molecule has 0 radical (unpaired) electrons. The predicted molar refractivity (Wildman–Crippen MR) is 89.4 cm³/mol. The van der Waals surface area contributed by atoms with Gasteiger partial charge in [0.15, 0.2) is 5.15 Å². The third-order valence-corrected chi connectivity index (χ3v) is 4.09. The summed E-state index contributed by atoms with van der Waals surface area (Å²) in [5.74, 6) is 0.461. The van der Waals surface area contributed by atoms with Crippen molar-refractivity contribution in [3.63, 3.8) is 0 Å². The number of rotatable bonds is 3. The average molecular weight is 353 g/mol. The van der Waals surface area contributed by atoms with Crippen molar-refractivity contribution in [2.45, 2.75) is 51.4 Å². The van der Waals surface area contributed by atoms with E-state index in [0.717, 1.165) is 18.4 Å². The largest absolute Gasteiger partial charge is 0.473 e. The monoisotopic (exact) mass is 352 g/mol. The summed E-state index contributed by atoms with van der Waals surface area (Å²) in [6.07, 6.45) is 4.42. The van der Waals surface area contributed by atoms with Crippen LogP contribution in [0.3, 0.4) is 0 Å². The first-order valence-electron chi connectivity index (χ1n) is 7.85. The van der Waals surface area contributed by atoms with Gasteiger partial charge < -0.3 is 14.4 Å².